The number of carboxylic acids is 1. The summed E-state index contributed by atoms with van der Waals surface area (Å²) in [5, 5.41) is 17.9. The number of ether oxygens (including phenoxy) is 1. The maximum atomic E-state index is 10.7. The summed E-state index contributed by atoms with van der Waals surface area (Å²) in [4.78, 5) is 10.7. The van der Waals surface area contributed by atoms with Gasteiger partial charge in [0.15, 0.2) is 0 Å². The molecule has 104 valence electrons. The predicted molar refractivity (Wildman–Crippen MR) is 82.8 cm³/mol. The van der Waals surface area contributed by atoms with E-state index in [1.54, 1.807) is 24.3 Å². The van der Waals surface area contributed by atoms with Gasteiger partial charge in [0, 0.05) is 0 Å². The first-order valence-electron chi connectivity index (χ1n) is 5.94. The molecule has 0 saturated heterocycles. The van der Waals surface area contributed by atoms with E-state index in [9.17, 15) is 4.79 Å². The Morgan fingerprint density at radius 2 is 1.75 bits per heavy atom. The van der Waals surface area contributed by atoms with E-state index >= 15 is 0 Å². The molecule has 0 amide bonds. The molecule has 0 aliphatic heterocycles. The van der Waals surface area contributed by atoms with Crippen molar-refractivity contribution in [2.45, 2.75) is 13.2 Å². The van der Waals surface area contributed by atoms with E-state index in [1.807, 2.05) is 18.2 Å². The highest BCUT2D eigenvalue weighted by Crippen LogP contribution is 2.23. The summed E-state index contributed by atoms with van der Waals surface area (Å²) in [6.45, 7) is 0.376. The monoisotopic (exact) mass is 384 g/mol. The number of benzene rings is 2. The first kappa shape index (κ1) is 14.8. The van der Waals surface area contributed by atoms with Crippen LogP contribution < -0.4 is 4.74 Å². The summed E-state index contributed by atoms with van der Waals surface area (Å²) in [6, 6.07) is 12.1. The standard InChI is InChI=1S/C15H13IO4/c16-13-7-11(8-17)3-6-14(13)20-9-10-1-4-12(5-2-10)15(18)19/h1-7,17H,8-9H2,(H,18,19). The van der Waals surface area contributed by atoms with Crippen LogP contribution >= 0.6 is 22.6 Å². The fraction of sp³-hybridized carbons (Fsp3) is 0.133. The summed E-state index contributed by atoms with van der Waals surface area (Å²) >= 11 is 2.15. The molecule has 2 aromatic carbocycles. The number of hydrogen-bond donors (Lipinski definition) is 2. The first-order valence-corrected chi connectivity index (χ1v) is 7.02. The topological polar surface area (TPSA) is 66.8 Å². The molecule has 5 heteroatoms. The van der Waals surface area contributed by atoms with Gasteiger partial charge in [-0.3, -0.25) is 0 Å². The zero-order valence-electron chi connectivity index (χ0n) is 10.5. The van der Waals surface area contributed by atoms with Crippen LogP contribution in [-0.4, -0.2) is 16.2 Å². The van der Waals surface area contributed by atoms with Gasteiger partial charge in [-0.2, -0.15) is 0 Å². The average Bonchev–Trinajstić information content (AvgIpc) is 2.46. The molecule has 0 unspecified atom stereocenters. The van der Waals surface area contributed by atoms with Crippen LogP contribution in [0.1, 0.15) is 21.5 Å². The predicted octanol–water partition coefficient (Wildman–Crippen LogP) is 3.06. The number of halogens is 1. The van der Waals surface area contributed by atoms with E-state index in [2.05, 4.69) is 22.6 Å². The van der Waals surface area contributed by atoms with E-state index in [0.29, 0.717) is 6.61 Å². The summed E-state index contributed by atoms with van der Waals surface area (Å²) in [6.07, 6.45) is 0. The molecular weight excluding hydrogens is 371 g/mol. The molecule has 0 radical (unpaired) electrons. The Bertz CT molecular complexity index is 608. The lowest BCUT2D eigenvalue weighted by Gasteiger charge is -2.09. The highest BCUT2D eigenvalue weighted by molar-refractivity contribution is 14.1. The largest absolute Gasteiger partial charge is 0.488 e. The number of carboxylic acid groups (broad SMARTS) is 1. The summed E-state index contributed by atoms with van der Waals surface area (Å²) < 4.78 is 6.61. The van der Waals surface area contributed by atoms with E-state index < -0.39 is 5.97 Å². The van der Waals surface area contributed by atoms with Gasteiger partial charge in [-0.05, 0) is 58.0 Å². The van der Waals surface area contributed by atoms with E-state index in [4.69, 9.17) is 14.9 Å². The minimum absolute atomic E-state index is 0.00688. The Balaban J connectivity index is 2.03. The fourth-order valence-corrected chi connectivity index (χ4v) is 2.40. The Morgan fingerprint density at radius 3 is 2.30 bits per heavy atom. The summed E-state index contributed by atoms with van der Waals surface area (Å²) in [5.41, 5.74) is 2.00. The van der Waals surface area contributed by atoms with Crippen molar-refractivity contribution in [2.75, 3.05) is 0 Å². The van der Waals surface area contributed by atoms with Gasteiger partial charge in [0.2, 0.25) is 0 Å². The van der Waals surface area contributed by atoms with Gasteiger partial charge in [-0.15, -0.1) is 0 Å². The van der Waals surface area contributed by atoms with Crippen LogP contribution in [0.3, 0.4) is 0 Å². The third-order valence-electron chi connectivity index (χ3n) is 2.77. The molecule has 4 nitrogen and oxygen atoms in total. The van der Waals surface area contributed by atoms with Crippen LogP contribution in [0, 0.1) is 3.57 Å². The lowest BCUT2D eigenvalue weighted by atomic mass is 10.1. The molecule has 0 fully saturated rings. The second kappa shape index (κ2) is 6.71. The van der Waals surface area contributed by atoms with E-state index in [1.165, 1.54) is 0 Å². The van der Waals surface area contributed by atoms with E-state index in [-0.39, 0.29) is 12.2 Å². The summed E-state index contributed by atoms with van der Waals surface area (Å²) in [5.74, 6) is -0.197. The average molecular weight is 384 g/mol. The third kappa shape index (κ3) is 3.71. The van der Waals surface area contributed by atoms with Crippen molar-refractivity contribution >= 4 is 28.6 Å². The van der Waals surface area contributed by atoms with Crippen LogP contribution in [0.25, 0.3) is 0 Å². The molecule has 2 rings (SSSR count). The highest BCUT2D eigenvalue weighted by atomic mass is 127. The number of aliphatic hydroxyl groups excluding tert-OH is 1. The minimum atomic E-state index is -0.938. The van der Waals surface area contributed by atoms with Gasteiger partial charge in [0.1, 0.15) is 12.4 Å². The minimum Gasteiger partial charge on any atom is -0.488 e. The molecule has 2 N–H and O–H groups in total. The third-order valence-corrected chi connectivity index (χ3v) is 3.62. The van der Waals surface area contributed by atoms with Gasteiger partial charge in [-0.25, -0.2) is 4.79 Å². The molecule has 0 bridgehead atoms. The van der Waals surface area contributed by atoms with Crippen LogP contribution in [0.15, 0.2) is 42.5 Å². The Hall–Kier alpha value is -1.60. The Labute approximate surface area is 130 Å². The first-order chi connectivity index (χ1) is 9.60. The van der Waals surface area contributed by atoms with Crippen molar-refractivity contribution in [3.05, 3.63) is 62.7 Å². The van der Waals surface area contributed by atoms with Crippen molar-refractivity contribution in [3.8, 4) is 5.75 Å². The second-order valence-corrected chi connectivity index (χ2v) is 5.38. The van der Waals surface area contributed by atoms with Crippen molar-refractivity contribution in [2.24, 2.45) is 0 Å². The fourth-order valence-electron chi connectivity index (χ4n) is 1.66. The zero-order chi connectivity index (χ0) is 14.5. The molecule has 0 saturated carbocycles. The number of carbonyl (C=O) groups is 1. The zero-order valence-corrected chi connectivity index (χ0v) is 12.7. The SMILES string of the molecule is O=C(O)c1ccc(COc2ccc(CO)cc2I)cc1. The molecule has 20 heavy (non-hydrogen) atoms. The maximum absolute atomic E-state index is 10.7. The van der Waals surface area contributed by atoms with Crippen LogP contribution in [0.4, 0.5) is 0 Å². The van der Waals surface area contributed by atoms with Crippen molar-refractivity contribution in [3.63, 3.8) is 0 Å². The molecule has 0 aliphatic carbocycles. The van der Waals surface area contributed by atoms with Crippen LogP contribution in [0.5, 0.6) is 5.75 Å². The van der Waals surface area contributed by atoms with E-state index in [0.717, 1.165) is 20.4 Å². The molecule has 0 spiro atoms. The van der Waals surface area contributed by atoms with Gasteiger partial charge < -0.3 is 14.9 Å². The van der Waals surface area contributed by atoms with Crippen molar-refractivity contribution in [1.82, 2.24) is 0 Å². The van der Waals surface area contributed by atoms with Crippen molar-refractivity contribution < 1.29 is 19.7 Å². The number of rotatable bonds is 5. The molecule has 2 aromatic rings. The lowest BCUT2D eigenvalue weighted by molar-refractivity contribution is 0.0697. The Morgan fingerprint density at radius 1 is 1.10 bits per heavy atom. The maximum Gasteiger partial charge on any atom is 0.335 e. The van der Waals surface area contributed by atoms with Gasteiger partial charge >= 0.3 is 5.97 Å². The molecule has 0 aliphatic rings. The quantitative estimate of drug-likeness (QED) is 0.778. The number of aliphatic hydroxyl groups is 1. The van der Waals surface area contributed by atoms with Crippen molar-refractivity contribution in [1.29, 1.82) is 0 Å². The van der Waals surface area contributed by atoms with Gasteiger partial charge in [-0.1, -0.05) is 18.2 Å². The molecular formula is C15H13IO4. The molecule has 0 atom stereocenters. The summed E-state index contributed by atoms with van der Waals surface area (Å²) in [7, 11) is 0. The van der Waals surface area contributed by atoms with Gasteiger partial charge in [0.25, 0.3) is 0 Å². The number of hydrogen-bond acceptors (Lipinski definition) is 3. The second-order valence-electron chi connectivity index (χ2n) is 4.21. The van der Waals surface area contributed by atoms with Crippen LogP contribution in [-0.2, 0) is 13.2 Å². The Kier molecular flexibility index (Phi) is 4.97. The number of aromatic carboxylic acids is 1. The highest BCUT2D eigenvalue weighted by Gasteiger charge is 2.05. The lowest BCUT2D eigenvalue weighted by Crippen LogP contribution is -2.00. The van der Waals surface area contributed by atoms with Crippen LogP contribution in [0.2, 0.25) is 0 Å². The molecule has 0 aromatic heterocycles. The normalized spacial score (nSPS) is 10.3. The smallest absolute Gasteiger partial charge is 0.335 e. The molecule has 0 heterocycles. The van der Waals surface area contributed by atoms with Gasteiger partial charge in [0.05, 0.1) is 15.7 Å².